The van der Waals surface area contributed by atoms with Gasteiger partial charge >= 0.3 is 18.2 Å². The first-order chi connectivity index (χ1) is 3.27. The van der Waals surface area contributed by atoms with Crippen molar-refractivity contribution in [2.24, 2.45) is 5.92 Å². The van der Waals surface area contributed by atoms with Crippen LogP contribution in [0.25, 0.3) is 0 Å². The summed E-state index contributed by atoms with van der Waals surface area (Å²) in [6, 6.07) is 0. The molecule has 0 atom stereocenters. The third kappa shape index (κ3) is 6.81. The summed E-state index contributed by atoms with van der Waals surface area (Å²) in [5.74, 6) is 3.61. The molecule has 0 aromatic carbocycles. The van der Waals surface area contributed by atoms with Crippen LogP contribution in [-0.2, 0) is 0 Å². The van der Waals surface area contributed by atoms with Gasteiger partial charge in [0.1, 0.15) is 0 Å². The first kappa shape index (κ1) is 7.81. The molecule has 0 rings (SSSR count). The van der Waals surface area contributed by atoms with Gasteiger partial charge in [0.05, 0.1) is 0 Å². The SMILES string of the molecule is CC(C)C#[C][Mg][Br]. The first-order valence-electron chi connectivity index (χ1n) is 2.31. The number of hydrogen-bond donors (Lipinski definition) is 0. The van der Waals surface area contributed by atoms with Gasteiger partial charge in [0, 0.05) is 5.92 Å². The Kier molecular flexibility index (Phi) is 5.52. The summed E-state index contributed by atoms with van der Waals surface area (Å²) < 4.78 is 3.05. The lowest BCUT2D eigenvalue weighted by atomic mass is 10.2. The van der Waals surface area contributed by atoms with Crippen LogP contribution in [0.5, 0.6) is 0 Å². The molecule has 36 valence electrons. The normalized spacial score (nSPS) is 6.86. The van der Waals surface area contributed by atoms with E-state index in [1.807, 2.05) is 0 Å². The van der Waals surface area contributed by atoms with E-state index < -0.39 is 0 Å². The van der Waals surface area contributed by atoms with Crippen LogP contribution < -0.4 is 0 Å². The van der Waals surface area contributed by atoms with E-state index in [9.17, 15) is 0 Å². The van der Waals surface area contributed by atoms with Crippen LogP contribution in [0, 0.1) is 15.9 Å². The zero-order chi connectivity index (χ0) is 5.70. The van der Waals surface area contributed by atoms with Crippen LogP contribution >= 0.6 is 12.9 Å². The first-order valence-corrected chi connectivity index (χ1v) is 6.92. The van der Waals surface area contributed by atoms with Crippen molar-refractivity contribution in [1.29, 1.82) is 0 Å². The third-order valence-electron chi connectivity index (χ3n) is 0.458. The predicted molar refractivity (Wildman–Crippen MR) is 37.3 cm³/mol. The molecule has 0 aliphatic heterocycles. The second kappa shape index (κ2) is 4.95. The maximum atomic E-state index is 3.34. The fourth-order valence-corrected chi connectivity index (χ4v) is 1.21. The van der Waals surface area contributed by atoms with Crippen molar-refractivity contribution in [3.63, 3.8) is 0 Å². The maximum absolute atomic E-state index is 3.34. The lowest BCUT2D eigenvalue weighted by Crippen LogP contribution is -1.78. The largest absolute Gasteiger partial charge is 0.569 e. The molecule has 0 saturated heterocycles. The molecule has 0 aromatic heterocycles. The monoisotopic (exact) mass is 170 g/mol. The molecular weight excluding hydrogens is 164 g/mol. The van der Waals surface area contributed by atoms with Crippen molar-refractivity contribution in [2.45, 2.75) is 13.8 Å². The van der Waals surface area contributed by atoms with Gasteiger partial charge in [-0.05, 0) is 0 Å². The van der Waals surface area contributed by atoms with Crippen LogP contribution in [-0.4, -0.2) is 18.2 Å². The average molecular weight is 171 g/mol. The Balaban J connectivity index is 3.24. The van der Waals surface area contributed by atoms with Gasteiger partial charge < -0.3 is 0 Å². The molecule has 0 aliphatic carbocycles. The van der Waals surface area contributed by atoms with Crippen LogP contribution in [0.15, 0.2) is 0 Å². The van der Waals surface area contributed by atoms with E-state index in [1.165, 1.54) is 0 Å². The quantitative estimate of drug-likeness (QED) is 0.384. The standard InChI is InChI=1S/C5H7.BrH.Mg/c1-4-5(2)3;;/h5H,2-3H3;1H;/q;;+1/p-1. The molecule has 0 heterocycles. The Labute approximate surface area is 60.6 Å². The van der Waals surface area contributed by atoms with E-state index in [4.69, 9.17) is 0 Å². The van der Waals surface area contributed by atoms with Crippen LogP contribution in [0.2, 0.25) is 0 Å². The van der Waals surface area contributed by atoms with Gasteiger partial charge in [-0.2, -0.15) is 0 Å². The Morgan fingerprint density at radius 2 is 2.14 bits per heavy atom. The smallest absolute Gasteiger partial charge is 0.277 e. The highest BCUT2D eigenvalue weighted by Gasteiger charge is 1.79. The highest BCUT2D eigenvalue weighted by atomic mass is 79.9. The van der Waals surface area contributed by atoms with E-state index in [-0.39, 0.29) is 18.2 Å². The van der Waals surface area contributed by atoms with Gasteiger partial charge in [-0.15, -0.1) is 5.92 Å². The van der Waals surface area contributed by atoms with Gasteiger partial charge in [0.25, 0.3) is 0 Å². The molecule has 0 saturated carbocycles. The van der Waals surface area contributed by atoms with Crippen molar-refractivity contribution < 1.29 is 0 Å². The molecular formula is C5H7BrMg. The summed E-state index contributed by atoms with van der Waals surface area (Å²) in [4.78, 5) is 0. The van der Waals surface area contributed by atoms with Gasteiger partial charge in [-0.3, -0.25) is 16.9 Å². The van der Waals surface area contributed by atoms with Gasteiger partial charge in [-0.1, -0.05) is 13.8 Å². The van der Waals surface area contributed by atoms with Crippen molar-refractivity contribution in [2.75, 3.05) is 0 Å². The number of hydrogen-bond acceptors (Lipinski definition) is 0. The second-order valence-corrected chi connectivity index (χ2v) is 3.91. The summed E-state index contributed by atoms with van der Waals surface area (Å²) in [5.41, 5.74) is 0. The van der Waals surface area contributed by atoms with Crippen molar-refractivity contribution in [3.05, 3.63) is 0 Å². The van der Waals surface area contributed by atoms with Gasteiger partial charge in [0.15, 0.2) is 0 Å². The predicted octanol–water partition coefficient (Wildman–Crippen LogP) is 1.62. The molecule has 0 nitrogen and oxygen atoms in total. The van der Waals surface area contributed by atoms with Crippen molar-refractivity contribution in [3.8, 4) is 9.97 Å². The summed E-state index contributed by atoms with van der Waals surface area (Å²) in [5, 5.41) is 0. The molecule has 0 spiro atoms. The van der Waals surface area contributed by atoms with E-state index in [0.717, 1.165) is 0 Å². The summed E-state index contributed by atoms with van der Waals surface area (Å²) in [7, 11) is 0. The molecule has 0 amide bonds. The summed E-state index contributed by atoms with van der Waals surface area (Å²) >= 11 is 3.17. The molecule has 0 unspecified atom stereocenters. The van der Waals surface area contributed by atoms with E-state index in [1.54, 1.807) is 0 Å². The maximum Gasteiger partial charge on any atom is 0.569 e. The highest BCUT2D eigenvalue weighted by Crippen LogP contribution is 1.84. The lowest BCUT2D eigenvalue weighted by Gasteiger charge is -1.84. The Morgan fingerprint density at radius 1 is 1.57 bits per heavy atom. The zero-order valence-electron chi connectivity index (χ0n) is 4.66. The van der Waals surface area contributed by atoms with Gasteiger partial charge in [-0.25, -0.2) is 0 Å². The van der Waals surface area contributed by atoms with Crippen LogP contribution in [0.1, 0.15) is 13.8 Å². The lowest BCUT2D eigenvalue weighted by molar-refractivity contribution is 0.867. The molecule has 0 aromatic rings. The minimum atomic E-state index is -0.177. The summed E-state index contributed by atoms with van der Waals surface area (Å²) in [6.45, 7) is 4.20. The van der Waals surface area contributed by atoms with E-state index in [2.05, 4.69) is 36.7 Å². The third-order valence-corrected chi connectivity index (χ3v) is 1.64. The highest BCUT2D eigenvalue weighted by molar-refractivity contribution is 9.23. The van der Waals surface area contributed by atoms with Crippen molar-refractivity contribution in [1.82, 2.24) is 0 Å². The van der Waals surface area contributed by atoms with Crippen LogP contribution in [0.3, 0.4) is 0 Å². The zero-order valence-corrected chi connectivity index (χ0v) is 7.66. The molecule has 0 radical (unpaired) electrons. The van der Waals surface area contributed by atoms with E-state index in [0.29, 0.717) is 5.92 Å². The Hall–Kier alpha value is 0.806. The minimum absolute atomic E-state index is 0.177. The fourth-order valence-electron chi connectivity index (χ4n) is 0.243. The Bertz CT molecular complexity index is 88.0. The topological polar surface area (TPSA) is 0 Å². The Morgan fingerprint density at radius 3 is 2.29 bits per heavy atom. The second-order valence-electron chi connectivity index (χ2n) is 1.61. The fraction of sp³-hybridized carbons (Fsp3) is 0.600. The minimum Gasteiger partial charge on any atom is -0.277 e. The number of rotatable bonds is 0. The average Bonchev–Trinajstić information content (AvgIpc) is 1.61. The van der Waals surface area contributed by atoms with E-state index >= 15 is 0 Å². The summed E-state index contributed by atoms with van der Waals surface area (Å²) in [6.07, 6.45) is 0. The van der Waals surface area contributed by atoms with Crippen LogP contribution in [0.4, 0.5) is 0 Å². The molecule has 0 bridgehead atoms. The number of halogens is 1. The van der Waals surface area contributed by atoms with Gasteiger partial charge in [0.2, 0.25) is 0 Å². The molecule has 7 heavy (non-hydrogen) atoms. The molecule has 0 N–H and O–H groups in total. The molecule has 2 heteroatoms. The molecule has 0 aliphatic rings. The molecule has 0 fully saturated rings. The van der Waals surface area contributed by atoms with Crippen molar-refractivity contribution >= 4 is 31.1 Å².